The fourth-order valence-corrected chi connectivity index (χ4v) is 3.57. The zero-order valence-corrected chi connectivity index (χ0v) is 14.2. The Morgan fingerprint density at radius 3 is 2.50 bits per heavy atom. The lowest BCUT2D eigenvalue weighted by atomic mass is 10.2. The van der Waals surface area contributed by atoms with Crippen molar-refractivity contribution in [1.29, 1.82) is 0 Å². The number of carbonyl (C=O) groups is 2. The highest BCUT2D eigenvalue weighted by atomic mass is 32.1. The minimum Gasteiger partial charge on any atom is -0.355 e. The van der Waals surface area contributed by atoms with Gasteiger partial charge in [-0.05, 0) is 45.0 Å². The molecule has 0 atom stereocenters. The molecule has 0 unspecified atom stereocenters. The summed E-state index contributed by atoms with van der Waals surface area (Å²) in [4.78, 5) is 28.1. The molecule has 1 saturated heterocycles. The molecule has 1 aliphatic heterocycles. The molecule has 0 aromatic carbocycles. The van der Waals surface area contributed by atoms with Crippen LogP contribution in [0.4, 0.5) is 0 Å². The number of ketones is 1. The van der Waals surface area contributed by atoms with E-state index < -0.39 is 0 Å². The largest absolute Gasteiger partial charge is 0.355 e. The van der Waals surface area contributed by atoms with Crippen molar-refractivity contribution < 1.29 is 9.59 Å². The second-order valence-corrected chi connectivity index (χ2v) is 7.23. The lowest BCUT2D eigenvalue weighted by molar-refractivity contribution is -0.121. The number of nitrogens with one attached hydrogen (secondary N) is 1. The average molecular weight is 322 g/mol. The van der Waals surface area contributed by atoms with E-state index in [1.165, 1.54) is 37.0 Å². The summed E-state index contributed by atoms with van der Waals surface area (Å²) in [6.07, 6.45) is 5.77. The van der Waals surface area contributed by atoms with Gasteiger partial charge in [0.1, 0.15) is 0 Å². The monoisotopic (exact) mass is 322 g/mol. The van der Waals surface area contributed by atoms with Crippen molar-refractivity contribution >= 4 is 23.0 Å². The molecule has 122 valence electrons. The third-order valence-corrected chi connectivity index (χ3v) is 5.08. The Hall–Kier alpha value is -1.20. The minimum absolute atomic E-state index is 0.0172. The fraction of sp³-hybridized carbons (Fsp3) is 0.647. The number of likely N-dealkylation sites (tertiary alicyclic amines) is 1. The topological polar surface area (TPSA) is 49.4 Å². The molecular formula is C17H26N2O2S. The van der Waals surface area contributed by atoms with Crippen molar-refractivity contribution in [3.8, 4) is 0 Å². The molecule has 0 bridgehead atoms. The number of Topliss-reactive ketones (excluding diaryl/α,β-unsaturated/α-hetero) is 1. The van der Waals surface area contributed by atoms with Crippen LogP contribution in [0.2, 0.25) is 0 Å². The predicted octanol–water partition coefficient (Wildman–Crippen LogP) is 3.01. The Kier molecular flexibility index (Phi) is 7.06. The van der Waals surface area contributed by atoms with Gasteiger partial charge in [0.15, 0.2) is 5.78 Å². The first-order chi connectivity index (χ1) is 10.6. The van der Waals surface area contributed by atoms with Gasteiger partial charge in [0.25, 0.3) is 0 Å². The standard InChI is InChI=1S/C17H26N2O2S/c1-14-6-8-16(22-14)15(20)7-9-17(21)18-10-13-19-11-4-2-3-5-12-19/h6,8H,2-5,7,9-13H2,1H3,(H,18,21). The van der Waals surface area contributed by atoms with Crippen molar-refractivity contribution in [2.45, 2.75) is 45.4 Å². The van der Waals surface area contributed by atoms with Crippen LogP contribution in [0.25, 0.3) is 0 Å². The van der Waals surface area contributed by atoms with Crippen LogP contribution in [0.15, 0.2) is 12.1 Å². The van der Waals surface area contributed by atoms with Gasteiger partial charge in [-0.2, -0.15) is 0 Å². The van der Waals surface area contributed by atoms with E-state index in [2.05, 4.69) is 10.2 Å². The van der Waals surface area contributed by atoms with Gasteiger partial charge in [-0.3, -0.25) is 9.59 Å². The highest BCUT2D eigenvalue weighted by Crippen LogP contribution is 2.17. The van der Waals surface area contributed by atoms with Gasteiger partial charge in [-0.15, -0.1) is 11.3 Å². The van der Waals surface area contributed by atoms with Crippen molar-refractivity contribution in [1.82, 2.24) is 10.2 Å². The smallest absolute Gasteiger partial charge is 0.220 e. The van der Waals surface area contributed by atoms with Crippen LogP contribution in [-0.4, -0.2) is 42.8 Å². The molecule has 0 aliphatic carbocycles. The number of hydrogen-bond acceptors (Lipinski definition) is 4. The van der Waals surface area contributed by atoms with E-state index in [9.17, 15) is 9.59 Å². The Balaban J connectivity index is 1.60. The van der Waals surface area contributed by atoms with Crippen LogP contribution in [0, 0.1) is 6.92 Å². The number of carbonyl (C=O) groups excluding carboxylic acids is 2. The zero-order chi connectivity index (χ0) is 15.8. The Morgan fingerprint density at radius 1 is 1.14 bits per heavy atom. The lowest BCUT2D eigenvalue weighted by Crippen LogP contribution is -2.35. The second-order valence-electron chi connectivity index (χ2n) is 5.94. The van der Waals surface area contributed by atoms with E-state index in [0.29, 0.717) is 13.0 Å². The van der Waals surface area contributed by atoms with Crippen LogP contribution in [0.3, 0.4) is 0 Å². The SMILES string of the molecule is Cc1ccc(C(=O)CCC(=O)NCCN2CCCCCC2)s1. The molecular weight excluding hydrogens is 296 g/mol. The van der Waals surface area contributed by atoms with E-state index in [1.807, 2.05) is 19.1 Å². The molecule has 0 radical (unpaired) electrons. The quantitative estimate of drug-likeness (QED) is 0.785. The number of nitrogens with zero attached hydrogens (tertiary/aromatic N) is 1. The first kappa shape index (κ1) is 17.2. The summed E-state index contributed by atoms with van der Waals surface area (Å²) in [5.41, 5.74) is 0. The van der Waals surface area contributed by atoms with Gasteiger partial charge in [0, 0.05) is 30.8 Å². The van der Waals surface area contributed by atoms with Gasteiger partial charge >= 0.3 is 0 Å². The van der Waals surface area contributed by atoms with Gasteiger partial charge in [0.2, 0.25) is 5.91 Å². The molecule has 1 fully saturated rings. The molecule has 5 heteroatoms. The molecule has 1 amide bonds. The lowest BCUT2D eigenvalue weighted by Gasteiger charge is -2.19. The van der Waals surface area contributed by atoms with Crippen LogP contribution >= 0.6 is 11.3 Å². The van der Waals surface area contributed by atoms with Gasteiger partial charge in [0.05, 0.1) is 4.88 Å². The van der Waals surface area contributed by atoms with Crippen LogP contribution in [0.5, 0.6) is 0 Å². The normalized spacial score (nSPS) is 16.2. The number of amides is 1. The molecule has 0 saturated carbocycles. The van der Waals surface area contributed by atoms with Gasteiger partial charge in [-0.25, -0.2) is 0 Å². The van der Waals surface area contributed by atoms with Crippen molar-refractivity contribution in [2.24, 2.45) is 0 Å². The fourth-order valence-electron chi connectivity index (χ4n) is 2.74. The third kappa shape index (κ3) is 5.89. The molecule has 0 spiro atoms. The van der Waals surface area contributed by atoms with E-state index >= 15 is 0 Å². The van der Waals surface area contributed by atoms with Gasteiger partial charge < -0.3 is 10.2 Å². The Morgan fingerprint density at radius 2 is 1.86 bits per heavy atom. The van der Waals surface area contributed by atoms with E-state index in [-0.39, 0.29) is 18.1 Å². The summed E-state index contributed by atoms with van der Waals surface area (Å²) in [7, 11) is 0. The third-order valence-electron chi connectivity index (χ3n) is 4.04. The zero-order valence-electron chi connectivity index (χ0n) is 13.4. The van der Waals surface area contributed by atoms with E-state index in [0.717, 1.165) is 29.4 Å². The highest BCUT2D eigenvalue weighted by molar-refractivity contribution is 7.14. The summed E-state index contributed by atoms with van der Waals surface area (Å²) in [5, 5.41) is 2.93. The summed E-state index contributed by atoms with van der Waals surface area (Å²) >= 11 is 1.50. The van der Waals surface area contributed by atoms with Crippen molar-refractivity contribution in [3.05, 3.63) is 21.9 Å². The number of rotatable bonds is 7. The summed E-state index contributed by atoms with van der Waals surface area (Å²) in [6, 6.07) is 3.79. The maximum atomic E-state index is 11.9. The molecule has 1 aliphatic rings. The first-order valence-corrected chi connectivity index (χ1v) is 9.05. The number of aryl methyl sites for hydroxylation is 1. The predicted molar refractivity (Wildman–Crippen MR) is 90.5 cm³/mol. The average Bonchev–Trinajstić information content (AvgIpc) is 2.78. The number of thiophene rings is 1. The molecule has 1 aromatic heterocycles. The first-order valence-electron chi connectivity index (χ1n) is 8.24. The molecule has 2 heterocycles. The van der Waals surface area contributed by atoms with E-state index in [1.54, 1.807) is 0 Å². The molecule has 4 nitrogen and oxygen atoms in total. The van der Waals surface area contributed by atoms with Crippen LogP contribution < -0.4 is 5.32 Å². The number of hydrogen-bond donors (Lipinski definition) is 1. The van der Waals surface area contributed by atoms with Crippen LogP contribution in [0.1, 0.15) is 53.1 Å². The van der Waals surface area contributed by atoms with Crippen molar-refractivity contribution in [2.75, 3.05) is 26.2 Å². The maximum Gasteiger partial charge on any atom is 0.220 e. The van der Waals surface area contributed by atoms with Crippen LogP contribution in [-0.2, 0) is 4.79 Å². The maximum absolute atomic E-state index is 11.9. The second kappa shape index (κ2) is 9.06. The molecule has 22 heavy (non-hydrogen) atoms. The molecule has 1 aromatic rings. The summed E-state index contributed by atoms with van der Waals surface area (Å²) in [5.74, 6) is 0.0530. The summed E-state index contributed by atoms with van der Waals surface area (Å²) < 4.78 is 0. The Bertz CT molecular complexity index is 491. The molecule has 2 rings (SSSR count). The Labute approximate surface area is 136 Å². The van der Waals surface area contributed by atoms with Gasteiger partial charge in [-0.1, -0.05) is 12.8 Å². The minimum atomic E-state index is -0.0172. The summed E-state index contributed by atoms with van der Waals surface area (Å²) in [6.45, 7) is 5.88. The van der Waals surface area contributed by atoms with E-state index in [4.69, 9.17) is 0 Å². The molecule has 1 N–H and O–H groups in total. The van der Waals surface area contributed by atoms with Crippen molar-refractivity contribution in [3.63, 3.8) is 0 Å². The highest BCUT2D eigenvalue weighted by Gasteiger charge is 2.12.